The van der Waals surface area contributed by atoms with Crippen LogP contribution < -0.4 is 9.47 Å². The lowest BCUT2D eigenvalue weighted by Crippen LogP contribution is -2.05. The summed E-state index contributed by atoms with van der Waals surface area (Å²) in [5.74, 6) is 0.642. The molecule has 25 heavy (non-hydrogen) atoms. The van der Waals surface area contributed by atoms with E-state index in [0.717, 1.165) is 11.3 Å². The monoisotopic (exact) mass is 342 g/mol. The van der Waals surface area contributed by atoms with Crippen LogP contribution in [0.3, 0.4) is 0 Å². The molecule has 0 radical (unpaired) electrons. The van der Waals surface area contributed by atoms with Crippen molar-refractivity contribution in [1.82, 2.24) is 9.97 Å². The summed E-state index contributed by atoms with van der Waals surface area (Å²) in [6, 6.07) is 14.0. The van der Waals surface area contributed by atoms with Crippen molar-refractivity contribution < 1.29 is 18.3 Å². The lowest BCUT2D eigenvalue weighted by molar-refractivity contribution is -0.0496. The number of hydrogen-bond donors (Lipinski definition) is 0. The smallest absolute Gasteiger partial charge is 0.387 e. The van der Waals surface area contributed by atoms with Crippen LogP contribution in [0, 0.1) is 0 Å². The van der Waals surface area contributed by atoms with Crippen molar-refractivity contribution in [2.24, 2.45) is 0 Å². The fourth-order valence-electron chi connectivity index (χ4n) is 2.46. The molecule has 128 valence electrons. The van der Waals surface area contributed by atoms with Crippen LogP contribution in [0.5, 0.6) is 11.5 Å². The standard InChI is InChI=1S/C19H16F2N2O2/c1-24-16-4-2-3-14(12-16)18-17(25-19(20)21)6-5-15(23-18)11-13-7-9-22-10-8-13/h2-10,12,19H,11H2,1H3. The summed E-state index contributed by atoms with van der Waals surface area (Å²) < 4.78 is 35.3. The van der Waals surface area contributed by atoms with Crippen molar-refractivity contribution in [1.29, 1.82) is 0 Å². The fraction of sp³-hybridized carbons (Fsp3) is 0.158. The first-order valence-corrected chi connectivity index (χ1v) is 7.64. The van der Waals surface area contributed by atoms with Gasteiger partial charge in [-0.05, 0) is 42.0 Å². The third-order valence-electron chi connectivity index (χ3n) is 3.61. The van der Waals surface area contributed by atoms with E-state index >= 15 is 0 Å². The van der Waals surface area contributed by atoms with Crippen LogP contribution in [0.4, 0.5) is 8.78 Å². The zero-order chi connectivity index (χ0) is 17.6. The molecule has 0 atom stereocenters. The number of aromatic nitrogens is 2. The number of halogens is 2. The minimum Gasteiger partial charge on any atom is -0.497 e. The molecule has 0 aliphatic carbocycles. The van der Waals surface area contributed by atoms with Gasteiger partial charge in [-0.25, -0.2) is 4.98 Å². The SMILES string of the molecule is COc1cccc(-c2nc(Cc3ccncc3)ccc2OC(F)F)c1. The summed E-state index contributed by atoms with van der Waals surface area (Å²) in [6.45, 7) is -2.92. The molecule has 4 nitrogen and oxygen atoms in total. The summed E-state index contributed by atoms with van der Waals surface area (Å²) in [5, 5.41) is 0. The van der Waals surface area contributed by atoms with Crippen molar-refractivity contribution in [2.75, 3.05) is 7.11 Å². The number of alkyl halides is 2. The molecule has 1 aromatic carbocycles. The zero-order valence-electron chi connectivity index (χ0n) is 13.5. The van der Waals surface area contributed by atoms with Gasteiger partial charge in [-0.15, -0.1) is 0 Å². The van der Waals surface area contributed by atoms with E-state index < -0.39 is 6.61 Å². The van der Waals surface area contributed by atoms with Gasteiger partial charge in [-0.3, -0.25) is 4.98 Å². The first-order valence-electron chi connectivity index (χ1n) is 7.64. The van der Waals surface area contributed by atoms with Crippen LogP contribution in [0.2, 0.25) is 0 Å². The van der Waals surface area contributed by atoms with Gasteiger partial charge in [0.1, 0.15) is 11.4 Å². The highest BCUT2D eigenvalue weighted by atomic mass is 19.3. The van der Waals surface area contributed by atoms with E-state index in [9.17, 15) is 8.78 Å². The minimum absolute atomic E-state index is 0.0294. The van der Waals surface area contributed by atoms with E-state index in [1.807, 2.05) is 12.1 Å². The summed E-state index contributed by atoms with van der Waals surface area (Å²) >= 11 is 0. The topological polar surface area (TPSA) is 44.2 Å². The van der Waals surface area contributed by atoms with Gasteiger partial charge in [0, 0.05) is 30.1 Å². The van der Waals surface area contributed by atoms with Crippen molar-refractivity contribution in [3.05, 3.63) is 72.2 Å². The molecule has 2 aromatic heterocycles. The van der Waals surface area contributed by atoms with Gasteiger partial charge in [-0.1, -0.05) is 12.1 Å². The molecule has 0 amide bonds. The lowest BCUT2D eigenvalue weighted by Gasteiger charge is -2.13. The third-order valence-corrected chi connectivity index (χ3v) is 3.61. The Labute approximate surface area is 144 Å². The molecule has 0 saturated carbocycles. The Morgan fingerprint density at radius 3 is 2.56 bits per heavy atom. The predicted molar refractivity (Wildman–Crippen MR) is 89.9 cm³/mol. The average Bonchev–Trinajstić information content (AvgIpc) is 2.63. The van der Waals surface area contributed by atoms with Crippen molar-refractivity contribution >= 4 is 0 Å². The number of nitrogens with zero attached hydrogens (tertiary/aromatic N) is 2. The number of hydrogen-bond acceptors (Lipinski definition) is 4. The van der Waals surface area contributed by atoms with Crippen molar-refractivity contribution in [2.45, 2.75) is 13.0 Å². The molecule has 0 aliphatic rings. The summed E-state index contributed by atoms with van der Waals surface area (Å²) in [4.78, 5) is 8.51. The second-order valence-corrected chi connectivity index (χ2v) is 5.29. The zero-order valence-corrected chi connectivity index (χ0v) is 13.5. The lowest BCUT2D eigenvalue weighted by atomic mass is 10.1. The summed E-state index contributed by atoms with van der Waals surface area (Å²) in [6.07, 6.45) is 3.97. The fourth-order valence-corrected chi connectivity index (χ4v) is 2.46. The van der Waals surface area contributed by atoms with E-state index in [0.29, 0.717) is 23.4 Å². The molecule has 0 N–H and O–H groups in total. The second kappa shape index (κ2) is 7.70. The van der Waals surface area contributed by atoms with Crippen LogP contribution in [-0.2, 0) is 6.42 Å². The molecule has 0 saturated heterocycles. The summed E-state index contributed by atoms with van der Waals surface area (Å²) in [7, 11) is 1.54. The highest BCUT2D eigenvalue weighted by Crippen LogP contribution is 2.32. The van der Waals surface area contributed by atoms with Crippen LogP contribution in [0.1, 0.15) is 11.3 Å². The Balaban J connectivity index is 2.00. The molecule has 2 heterocycles. The largest absolute Gasteiger partial charge is 0.497 e. The number of rotatable bonds is 6. The van der Waals surface area contributed by atoms with E-state index in [2.05, 4.69) is 14.7 Å². The predicted octanol–water partition coefficient (Wildman–Crippen LogP) is 4.34. The van der Waals surface area contributed by atoms with Crippen LogP contribution in [0.15, 0.2) is 60.9 Å². The molecule has 0 fully saturated rings. The molecule has 0 unspecified atom stereocenters. The molecule has 3 rings (SSSR count). The van der Waals surface area contributed by atoms with Gasteiger partial charge < -0.3 is 9.47 Å². The molecule has 3 aromatic rings. The van der Waals surface area contributed by atoms with Gasteiger partial charge in [0.05, 0.1) is 7.11 Å². The normalized spacial score (nSPS) is 10.7. The highest BCUT2D eigenvalue weighted by Gasteiger charge is 2.14. The Kier molecular flexibility index (Phi) is 5.18. The highest BCUT2D eigenvalue weighted by molar-refractivity contribution is 5.68. The van der Waals surface area contributed by atoms with Gasteiger partial charge in [0.15, 0.2) is 5.75 Å². The van der Waals surface area contributed by atoms with E-state index in [1.165, 1.54) is 6.07 Å². The first kappa shape index (κ1) is 16.8. The molecule has 6 heteroatoms. The Morgan fingerprint density at radius 1 is 1.04 bits per heavy atom. The summed E-state index contributed by atoms with van der Waals surface area (Å²) in [5.41, 5.74) is 2.77. The maximum absolute atomic E-state index is 12.7. The second-order valence-electron chi connectivity index (χ2n) is 5.29. The van der Waals surface area contributed by atoms with Gasteiger partial charge in [0.2, 0.25) is 0 Å². The number of pyridine rings is 2. The van der Waals surface area contributed by atoms with Gasteiger partial charge in [0.25, 0.3) is 0 Å². The molecule has 0 spiro atoms. The van der Waals surface area contributed by atoms with Gasteiger partial charge >= 0.3 is 6.61 Å². The van der Waals surface area contributed by atoms with Crippen molar-refractivity contribution in [3.8, 4) is 22.8 Å². The third kappa shape index (κ3) is 4.29. The Morgan fingerprint density at radius 2 is 1.84 bits per heavy atom. The maximum Gasteiger partial charge on any atom is 0.387 e. The van der Waals surface area contributed by atoms with Crippen LogP contribution in [-0.4, -0.2) is 23.7 Å². The number of benzene rings is 1. The Hall–Kier alpha value is -3.02. The average molecular weight is 342 g/mol. The van der Waals surface area contributed by atoms with E-state index in [-0.39, 0.29) is 5.75 Å². The van der Waals surface area contributed by atoms with Crippen LogP contribution in [0.25, 0.3) is 11.3 Å². The minimum atomic E-state index is -2.92. The van der Waals surface area contributed by atoms with Crippen LogP contribution >= 0.6 is 0 Å². The Bertz CT molecular complexity index is 842. The number of methoxy groups -OCH3 is 1. The van der Waals surface area contributed by atoms with E-state index in [4.69, 9.17) is 4.74 Å². The molecular weight excluding hydrogens is 326 g/mol. The molecular formula is C19H16F2N2O2. The molecule has 0 aliphatic heterocycles. The van der Waals surface area contributed by atoms with E-state index in [1.54, 1.807) is 49.8 Å². The molecule has 0 bridgehead atoms. The quantitative estimate of drug-likeness (QED) is 0.668. The maximum atomic E-state index is 12.7. The first-order chi connectivity index (χ1) is 12.2. The van der Waals surface area contributed by atoms with Crippen molar-refractivity contribution in [3.63, 3.8) is 0 Å². The number of ether oxygens (including phenoxy) is 2. The van der Waals surface area contributed by atoms with Gasteiger partial charge in [-0.2, -0.15) is 8.78 Å².